The molecule has 0 spiro atoms. The van der Waals surface area contributed by atoms with Gasteiger partial charge in [-0.05, 0) is 25.7 Å². The number of nitrogens with zero attached hydrogens (tertiary/aromatic N) is 1. The van der Waals surface area contributed by atoms with Gasteiger partial charge in [-0.2, -0.15) is 0 Å². The molecule has 0 aromatic heterocycles. The van der Waals surface area contributed by atoms with E-state index in [4.69, 9.17) is 9.84 Å². The molecule has 1 rings (SSSR count). The van der Waals surface area contributed by atoms with Gasteiger partial charge in [-0.15, -0.1) is 0 Å². The van der Waals surface area contributed by atoms with Crippen LogP contribution in [0, 0.1) is 5.92 Å². The first-order chi connectivity index (χ1) is 7.50. The lowest BCUT2D eigenvalue weighted by molar-refractivity contribution is -0.153. The molecule has 5 heteroatoms. The molecule has 2 unspecified atom stereocenters. The number of carbonyl (C=O) groups excluding carboxylic acids is 1. The highest BCUT2D eigenvalue weighted by Gasteiger charge is 2.22. The minimum Gasteiger partial charge on any atom is -0.479 e. The molecule has 1 aliphatic rings. The van der Waals surface area contributed by atoms with Crippen molar-refractivity contribution < 1.29 is 19.4 Å². The van der Waals surface area contributed by atoms with E-state index < -0.39 is 12.1 Å². The number of amides is 1. The van der Waals surface area contributed by atoms with Crippen LogP contribution >= 0.6 is 0 Å². The number of ether oxygens (including phenoxy) is 1. The summed E-state index contributed by atoms with van der Waals surface area (Å²) in [7, 11) is 0. The molecular weight excluding hydrogens is 210 g/mol. The maximum absolute atomic E-state index is 11.7. The van der Waals surface area contributed by atoms with E-state index in [0.29, 0.717) is 5.92 Å². The van der Waals surface area contributed by atoms with E-state index in [0.717, 1.165) is 25.9 Å². The second-order valence-corrected chi connectivity index (χ2v) is 4.38. The number of rotatable bonds is 4. The van der Waals surface area contributed by atoms with Crippen LogP contribution < -0.4 is 0 Å². The number of carboxylic acids is 1. The third-order valence-electron chi connectivity index (χ3n) is 2.81. The minimum atomic E-state index is -1.04. The summed E-state index contributed by atoms with van der Waals surface area (Å²) in [6.45, 7) is 4.91. The standard InChI is InChI=1S/C11H19NO4/c1-8-4-3-5-12(6-8)10(13)7-16-9(2)11(14)15/h8-9H,3-7H2,1-2H3,(H,14,15). The molecule has 1 fully saturated rings. The molecular formula is C11H19NO4. The third kappa shape index (κ3) is 3.81. The van der Waals surface area contributed by atoms with Crippen molar-refractivity contribution in [3.05, 3.63) is 0 Å². The van der Waals surface area contributed by atoms with Crippen LogP contribution in [-0.2, 0) is 14.3 Å². The topological polar surface area (TPSA) is 66.8 Å². The number of carbonyl (C=O) groups is 2. The molecule has 0 saturated carbocycles. The number of aliphatic carboxylic acids is 1. The first-order valence-corrected chi connectivity index (χ1v) is 5.63. The van der Waals surface area contributed by atoms with Gasteiger partial charge in [-0.25, -0.2) is 4.79 Å². The molecule has 1 amide bonds. The van der Waals surface area contributed by atoms with Crippen LogP contribution in [0.5, 0.6) is 0 Å². The van der Waals surface area contributed by atoms with Crippen molar-refractivity contribution in [1.82, 2.24) is 4.90 Å². The molecule has 92 valence electrons. The van der Waals surface area contributed by atoms with E-state index in [1.165, 1.54) is 6.92 Å². The summed E-state index contributed by atoms with van der Waals surface area (Å²) in [5, 5.41) is 8.60. The van der Waals surface area contributed by atoms with Gasteiger partial charge in [0, 0.05) is 13.1 Å². The van der Waals surface area contributed by atoms with Gasteiger partial charge in [-0.3, -0.25) is 4.79 Å². The predicted octanol–water partition coefficient (Wildman–Crippen LogP) is 0.735. The smallest absolute Gasteiger partial charge is 0.332 e. The van der Waals surface area contributed by atoms with E-state index in [-0.39, 0.29) is 12.5 Å². The summed E-state index contributed by atoms with van der Waals surface area (Å²) in [4.78, 5) is 23.9. The van der Waals surface area contributed by atoms with Gasteiger partial charge in [0.25, 0.3) is 0 Å². The average molecular weight is 229 g/mol. The number of carboxylic acid groups (broad SMARTS) is 1. The predicted molar refractivity (Wildman–Crippen MR) is 58.0 cm³/mol. The molecule has 0 bridgehead atoms. The van der Waals surface area contributed by atoms with Gasteiger partial charge in [0.15, 0.2) is 6.10 Å². The van der Waals surface area contributed by atoms with Crippen LogP contribution in [0.4, 0.5) is 0 Å². The zero-order valence-electron chi connectivity index (χ0n) is 9.81. The van der Waals surface area contributed by atoms with E-state index >= 15 is 0 Å². The summed E-state index contributed by atoms with van der Waals surface area (Å²) >= 11 is 0. The third-order valence-corrected chi connectivity index (χ3v) is 2.81. The highest BCUT2D eigenvalue weighted by molar-refractivity contribution is 5.78. The molecule has 5 nitrogen and oxygen atoms in total. The highest BCUT2D eigenvalue weighted by atomic mass is 16.5. The Balaban J connectivity index is 2.31. The van der Waals surface area contributed by atoms with Crippen molar-refractivity contribution in [1.29, 1.82) is 0 Å². The van der Waals surface area contributed by atoms with Gasteiger partial charge >= 0.3 is 5.97 Å². The number of hydrogen-bond acceptors (Lipinski definition) is 3. The molecule has 16 heavy (non-hydrogen) atoms. The number of piperidine rings is 1. The lowest BCUT2D eigenvalue weighted by atomic mass is 10.0. The van der Waals surface area contributed by atoms with Crippen molar-refractivity contribution in [2.75, 3.05) is 19.7 Å². The van der Waals surface area contributed by atoms with Crippen LogP contribution in [-0.4, -0.2) is 47.7 Å². The molecule has 1 aliphatic heterocycles. The average Bonchev–Trinajstić information content (AvgIpc) is 2.25. The van der Waals surface area contributed by atoms with Crippen LogP contribution in [0.2, 0.25) is 0 Å². The quantitative estimate of drug-likeness (QED) is 0.772. The normalized spacial score (nSPS) is 22.9. The second kappa shape index (κ2) is 5.84. The van der Waals surface area contributed by atoms with Gasteiger partial charge in [0.05, 0.1) is 0 Å². The summed E-state index contributed by atoms with van der Waals surface area (Å²) in [6, 6.07) is 0. The Labute approximate surface area is 95.4 Å². The minimum absolute atomic E-state index is 0.111. The molecule has 2 atom stereocenters. The van der Waals surface area contributed by atoms with Gasteiger partial charge in [-0.1, -0.05) is 6.92 Å². The number of hydrogen-bond donors (Lipinski definition) is 1. The fourth-order valence-corrected chi connectivity index (χ4v) is 1.77. The zero-order valence-corrected chi connectivity index (χ0v) is 9.81. The van der Waals surface area contributed by atoms with Crippen molar-refractivity contribution in [3.63, 3.8) is 0 Å². The molecule has 1 N–H and O–H groups in total. The Morgan fingerprint density at radius 2 is 2.25 bits per heavy atom. The van der Waals surface area contributed by atoms with Crippen molar-refractivity contribution in [3.8, 4) is 0 Å². The Morgan fingerprint density at radius 3 is 2.81 bits per heavy atom. The Hall–Kier alpha value is -1.10. The molecule has 0 aromatic rings. The fraction of sp³-hybridized carbons (Fsp3) is 0.818. The fourth-order valence-electron chi connectivity index (χ4n) is 1.77. The first-order valence-electron chi connectivity index (χ1n) is 5.63. The lowest BCUT2D eigenvalue weighted by Crippen LogP contribution is -2.41. The van der Waals surface area contributed by atoms with Crippen molar-refractivity contribution in [2.24, 2.45) is 5.92 Å². The van der Waals surface area contributed by atoms with Crippen LogP contribution in [0.1, 0.15) is 26.7 Å². The molecule has 0 radical (unpaired) electrons. The SMILES string of the molecule is CC1CCCN(C(=O)COC(C)C(=O)O)C1. The highest BCUT2D eigenvalue weighted by Crippen LogP contribution is 2.15. The van der Waals surface area contributed by atoms with E-state index in [2.05, 4.69) is 6.92 Å². The van der Waals surface area contributed by atoms with Crippen LogP contribution in [0.25, 0.3) is 0 Å². The maximum atomic E-state index is 11.7. The molecule has 0 aromatic carbocycles. The Kier molecular flexibility index (Phi) is 4.73. The summed E-state index contributed by atoms with van der Waals surface area (Å²) < 4.78 is 4.96. The Morgan fingerprint density at radius 1 is 1.56 bits per heavy atom. The summed E-state index contributed by atoms with van der Waals surface area (Å²) in [6.07, 6.45) is 1.24. The monoisotopic (exact) mass is 229 g/mol. The van der Waals surface area contributed by atoms with Crippen molar-refractivity contribution >= 4 is 11.9 Å². The zero-order chi connectivity index (χ0) is 12.1. The van der Waals surface area contributed by atoms with E-state index in [1.54, 1.807) is 4.90 Å². The summed E-state index contributed by atoms with van der Waals surface area (Å²) in [5.74, 6) is -0.631. The van der Waals surface area contributed by atoms with Crippen LogP contribution in [0.15, 0.2) is 0 Å². The summed E-state index contributed by atoms with van der Waals surface area (Å²) in [5.41, 5.74) is 0. The number of likely N-dealkylation sites (tertiary alicyclic amines) is 1. The Bertz CT molecular complexity index is 267. The lowest BCUT2D eigenvalue weighted by Gasteiger charge is -2.31. The molecule has 1 heterocycles. The molecule has 0 aliphatic carbocycles. The van der Waals surface area contributed by atoms with Gasteiger partial charge in [0.1, 0.15) is 6.61 Å². The molecule has 1 saturated heterocycles. The van der Waals surface area contributed by atoms with Gasteiger partial charge < -0.3 is 14.7 Å². The first kappa shape index (κ1) is 13.0. The van der Waals surface area contributed by atoms with Crippen LogP contribution in [0.3, 0.4) is 0 Å². The van der Waals surface area contributed by atoms with E-state index in [9.17, 15) is 9.59 Å². The van der Waals surface area contributed by atoms with E-state index in [1.807, 2.05) is 0 Å². The second-order valence-electron chi connectivity index (χ2n) is 4.38. The van der Waals surface area contributed by atoms with Gasteiger partial charge in [0.2, 0.25) is 5.91 Å². The van der Waals surface area contributed by atoms with Crippen molar-refractivity contribution in [2.45, 2.75) is 32.8 Å². The maximum Gasteiger partial charge on any atom is 0.332 e. The largest absolute Gasteiger partial charge is 0.479 e.